The molecule has 1 aliphatic heterocycles. The fourth-order valence-corrected chi connectivity index (χ4v) is 4.64. The molecular formula is C26H24ClN9O3. The molecule has 1 atom stereocenters. The van der Waals surface area contributed by atoms with E-state index in [1.165, 1.54) is 9.42 Å². The molecule has 5 aromatic rings. The molecule has 13 heteroatoms. The Morgan fingerprint density at radius 3 is 2.82 bits per heavy atom. The lowest BCUT2D eigenvalue weighted by molar-refractivity contribution is -0.121. The molecule has 1 saturated heterocycles. The molecule has 3 aromatic heterocycles. The largest absolute Gasteiger partial charge is 0.445 e. The summed E-state index contributed by atoms with van der Waals surface area (Å²) in [5.41, 5.74) is 2.62. The molecule has 0 saturated carbocycles. The number of anilines is 1. The van der Waals surface area contributed by atoms with E-state index in [4.69, 9.17) is 26.3 Å². The van der Waals surface area contributed by atoms with Gasteiger partial charge in [-0.05, 0) is 17.7 Å². The Hall–Kier alpha value is -4.71. The highest BCUT2D eigenvalue weighted by atomic mass is 35.5. The number of nitrogens with zero attached hydrogens (tertiary/aromatic N) is 7. The number of carbonyl (C=O) groups excluding carboxylic acids is 2. The Morgan fingerprint density at radius 2 is 2.03 bits per heavy atom. The van der Waals surface area contributed by atoms with Crippen molar-refractivity contribution in [3.05, 3.63) is 71.5 Å². The quantitative estimate of drug-likeness (QED) is 0.344. The highest BCUT2D eigenvalue weighted by molar-refractivity contribution is 6.35. The van der Waals surface area contributed by atoms with Gasteiger partial charge in [-0.15, -0.1) is 5.10 Å². The number of halogens is 1. The number of benzene rings is 2. The van der Waals surface area contributed by atoms with Gasteiger partial charge in [-0.2, -0.15) is 9.61 Å². The van der Waals surface area contributed by atoms with E-state index in [9.17, 15) is 9.59 Å². The molecular weight excluding hydrogens is 522 g/mol. The number of nitrogens with one attached hydrogen (secondary N) is 2. The van der Waals surface area contributed by atoms with Crippen molar-refractivity contribution in [1.82, 2.24) is 39.6 Å². The van der Waals surface area contributed by atoms with Crippen molar-refractivity contribution in [2.75, 3.05) is 25.0 Å². The summed E-state index contributed by atoms with van der Waals surface area (Å²) in [4.78, 5) is 36.8. The first-order valence-corrected chi connectivity index (χ1v) is 12.7. The molecule has 2 aromatic carbocycles. The fraction of sp³-hybridized carbons (Fsp3) is 0.231. The third-order valence-corrected chi connectivity index (χ3v) is 6.69. The second-order valence-electron chi connectivity index (χ2n) is 9.12. The molecule has 2 N–H and O–H groups in total. The van der Waals surface area contributed by atoms with E-state index >= 15 is 0 Å². The van der Waals surface area contributed by atoms with Crippen LogP contribution >= 0.6 is 11.6 Å². The topological polar surface area (TPSA) is 132 Å². The third kappa shape index (κ3) is 4.93. The van der Waals surface area contributed by atoms with Crippen molar-refractivity contribution < 1.29 is 14.3 Å². The van der Waals surface area contributed by atoms with Crippen LogP contribution in [0.3, 0.4) is 0 Å². The van der Waals surface area contributed by atoms with Crippen LogP contribution in [0.25, 0.3) is 27.9 Å². The summed E-state index contributed by atoms with van der Waals surface area (Å²) in [6.07, 6.45) is 2.96. The maximum Gasteiger partial charge on any atom is 0.410 e. The van der Waals surface area contributed by atoms with Crippen LogP contribution in [0, 0.1) is 0 Å². The predicted octanol–water partition coefficient (Wildman–Crippen LogP) is 2.88. The Morgan fingerprint density at radius 1 is 1.18 bits per heavy atom. The zero-order chi connectivity index (χ0) is 26.9. The minimum Gasteiger partial charge on any atom is -0.445 e. The second-order valence-corrected chi connectivity index (χ2v) is 9.53. The molecule has 2 amide bonds. The van der Waals surface area contributed by atoms with E-state index in [1.54, 1.807) is 16.9 Å². The van der Waals surface area contributed by atoms with Gasteiger partial charge < -0.3 is 20.3 Å². The van der Waals surface area contributed by atoms with Crippen LogP contribution < -0.4 is 10.6 Å². The summed E-state index contributed by atoms with van der Waals surface area (Å²) in [6.45, 7) is 0.793. The zero-order valence-corrected chi connectivity index (χ0v) is 21.7. The van der Waals surface area contributed by atoms with Crippen LogP contribution in [0.4, 0.5) is 10.7 Å². The molecule has 0 bridgehead atoms. The van der Waals surface area contributed by atoms with Gasteiger partial charge in [0.05, 0.1) is 28.8 Å². The number of hydrogen-bond acceptors (Lipinski definition) is 8. The van der Waals surface area contributed by atoms with E-state index in [-0.39, 0.29) is 31.6 Å². The van der Waals surface area contributed by atoms with Crippen molar-refractivity contribution in [2.24, 2.45) is 7.05 Å². The number of fused-ring (bicyclic) bond motifs is 3. The van der Waals surface area contributed by atoms with E-state index in [1.807, 2.05) is 55.7 Å². The summed E-state index contributed by atoms with van der Waals surface area (Å²) in [5.74, 6) is 0.417. The first-order chi connectivity index (χ1) is 19.0. The number of carbonyl (C=O) groups is 2. The number of rotatable bonds is 5. The van der Waals surface area contributed by atoms with Gasteiger partial charge >= 0.3 is 6.09 Å². The first-order valence-electron chi connectivity index (χ1n) is 12.3. The fourth-order valence-electron chi connectivity index (χ4n) is 4.42. The number of ether oxygens (including phenoxy) is 1. The number of hydrogen-bond donors (Lipinski definition) is 2. The van der Waals surface area contributed by atoms with Crippen LogP contribution in [-0.4, -0.2) is 71.9 Å². The highest BCUT2D eigenvalue weighted by Gasteiger charge is 2.30. The van der Waals surface area contributed by atoms with Gasteiger partial charge in [-0.25, -0.2) is 14.8 Å². The second kappa shape index (κ2) is 10.2. The van der Waals surface area contributed by atoms with Gasteiger partial charge in [-0.3, -0.25) is 9.48 Å². The summed E-state index contributed by atoms with van der Waals surface area (Å²) in [5, 5.41) is 16.0. The summed E-state index contributed by atoms with van der Waals surface area (Å²) in [6, 6.07) is 14.0. The highest BCUT2D eigenvalue weighted by Crippen LogP contribution is 2.28. The van der Waals surface area contributed by atoms with E-state index < -0.39 is 12.1 Å². The van der Waals surface area contributed by atoms with Crippen molar-refractivity contribution >= 4 is 46.1 Å². The monoisotopic (exact) mass is 545 g/mol. The molecule has 0 radical (unpaired) electrons. The third-order valence-electron chi connectivity index (χ3n) is 6.38. The Kier molecular flexibility index (Phi) is 6.45. The Bertz CT molecular complexity index is 1680. The Labute approximate surface area is 227 Å². The van der Waals surface area contributed by atoms with E-state index in [0.29, 0.717) is 33.9 Å². The van der Waals surface area contributed by atoms with Crippen molar-refractivity contribution in [1.29, 1.82) is 0 Å². The van der Waals surface area contributed by atoms with E-state index in [2.05, 4.69) is 20.8 Å². The van der Waals surface area contributed by atoms with Gasteiger partial charge in [0.2, 0.25) is 11.9 Å². The summed E-state index contributed by atoms with van der Waals surface area (Å²) >= 11 is 6.49. The molecule has 0 spiro atoms. The molecule has 39 heavy (non-hydrogen) atoms. The first kappa shape index (κ1) is 24.6. The molecule has 4 heterocycles. The van der Waals surface area contributed by atoms with Gasteiger partial charge in [0, 0.05) is 31.7 Å². The molecule has 0 aliphatic carbocycles. The number of aromatic nitrogens is 6. The number of aryl methyl sites for hydroxylation is 1. The SMILES string of the molecule is Cn1cc(-c2nc3c4cccc(Cl)c4nc(N[C@@H]4CN(C(=O)OCc5ccccc5)CCNC4=O)n3n2)cn1. The van der Waals surface area contributed by atoms with Crippen LogP contribution in [-0.2, 0) is 23.2 Å². The summed E-state index contributed by atoms with van der Waals surface area (Å²) in [7, 11) is 1.81. The smallest absolute Gasteiger partial charge is 0.410 e. The maximum absolute atomic E-state index is 13.0. The molecule has 1 aliphatic rings. The van der Waals surface area contributed by atoms with E-state index in [0.717, 1.165) is 11.1 Å². The van der Waals surface area contributed by atoms with Crippen LogP contribution in [0.2, 0.25) is 5.02 Å². The van der Waals surface area contributed by atoms with Gasteiger partial charge in [-0.1, -0.05) is 48.0 Å². The van der Waals surface area contributed by atoms with Gasteiger partial charge in [0.1, 0.15) is 12.6 Å². The van der Waals surface area contributed by atoms with Gasteiger partial charge in [0.25, 0.3) is 0 Å². The maximum atomic E-state index is 13.0. The zero-order valence-electron chi connectivity index (χ0n) is 20.9. The number of amides is 2. The molecule has 12 nitrogen and oxygen atoms in total. The normalized spacial score (nSPS) is 15.8. The van der Waals surface area contributed by atoms with Crippen molar-refractivity contribution in [3.63, 3.8) is 0 Å². The lowest BCUT2D eigenvalue weighted by atomic mass is 10.2. The average Bonchev–Trinajstić information content (AvgIpc) is 3.54. The van der Waals surface area contributed by atoms with Crippen LogP contribution in [0.1, 0.15) is 5.56 Å². The lowest BCUT2D eigenvalue weighted by Crippen LogP contribution is -2.44. The Balaban J connectivity index is 1.32. The standard InChI is InChI=1S/C26H24ClN9O3/c1-34-13-17(12-29-34)22-32-23-18-8-5-9-19(27)21(18)31-25(36(23)33-22)30-20-14-35(11-10-28-24(20)37)26(38)39-15-16-6-3-2-4-7-16/h2-9,12-13,20H,10-11,14-15H2,1H3,(H,28,37)(H,30,31)/t20-/m1/s1. The van der Waals surface area contributed by atoms with Crippen LogP contribution in [0.5, 0.6) is 0 Å². The van der Waals surface area contributed by atoms with Crippen LogP contribution in [0.15, 0.2) is 60.9 Å². The minimum absolute atomic E-state index is 0.0628. The van der Waals surface area contributed by atoms with Crippen molar-refractivity contribution in [3.8, 4) is 11.4 Å². The molecule has 6 rings (SSSR count). The lowest BCUT2D eigenvalue weighted by Gasteiger charge is -2.23. The molecule has 198 valence electrons. The average molecular weight is 546 g/mol. The minimum atomic E-state index is -0.835. The molecule has 0 unspecified atom stereocenters. The molecule has 1 fully saturated rings. The van der Waals surface area contributed by atoms with Crippen molar-refractivity contribution in [2.45, 2.75) is 12.6 Å². The number of para-hydroxylation sites is 1. The predicted molar refractivity (Wildman–Crippen MR) is 144 cm³/mol. The summed E-state index contributed by atoms with van der Waals surface area (Å²) < 4.78 is 8.71. The van der Waals surface area contributed by atoms with Gasteiger partial charge in [0.15, 0.2) is 11.5 Å².